The van der Waals surface area contributed by atoms with Gasteiger partial charge in [0.25, 0.3) is 0 Å². The van der Waals surface area contributed by atoms with Crippen molar-refractivity contribution in [3.8, 4) is 5.75 Å². The monoisotopic (exact) mass is 289 g/mol. The van der Waals surface area contributed by atoms with Crippen LogP contribution < -0.4 is 10.1 Å². The van der Waals surface area contributed by atoms with Gasteiger partial charge in [-0.1, -0.05) is 32.9 Å². The van der Waals surface area contributed by atoms with E-state index in [9.17, 15) is 13.2 Å². The summed E-state index contributed by atoms with van der Waals surface area (Å²) in [6.45, 7) is 7.19. The SMILES string of the molecule is CC(CNCC(F)(F)F)Oc1cccc(C(C)(C)C)c1. The van der Waals surface area contributed by atoms with Gasteiger partial charge in [0.1, 0.15) is 11.9 Å². The van der Waals surface area contributed by atoms with Crippen LogP contribution in [0.5, 0.6) is 5.75 Å². The van der Waals surface area contributed by atoms with E-state index in [4.69, 9.17) is 4.74 Å². The average Bonchev–Trinajstić information content (AvgIpc) is 2.26. The van der Waals surface area contributed by atoms with Crippen LogP contribution in [0.15, 0.2) is 24.3 Å². The van der Waals surface area contributed by atoms with Crippen LogP contribution >= 0.6 is 0 Å². The van der Waals surface area contributed by atoms with Crippen molar-refractivity contribution in [3.05, 3.63) is 29.8 Å². The first-order valence-electron chi connectivity index (χ1n) is 6.62. The molecule has 0 bridgehead atoms. The van der Waals surface area contributed by atoms with E-state index < -0.39 is 12.7 Å². The fourth-order valence-electron chi connectivity index (χ4n) is 1.73. The van der Waals surface area contributed by atoms with Crippen LogP contribution in [0.3, 0.4) is 0 Å². The van der Waals surface area contributed by atoms with E-state index in [2.05, 4.69) is 26.1 Å². The molecule has 114 valence electrons. The van der Waals surface area contributed by atoms with Gasteiger partial charge in [0.05, 0.1) is 6.54 Å². The Kier molecular flexibility index (Phi) is 5.45. The zero-order valence-corrected chi connectivity index (χ0v) is 12.3. The lowest BCUT2D eigenvalue weighted by atomic mass is 9.87. The number of alkyl halides is 3. The summed E-state index contributed by atoms with van der Waals surface area (Å²) in [6, 6.07) is 7.65. The molecule has 2 nitrogen and oxygen atoms in total. The maximum absolute atomic E-state index is 12.0. The molecule has 0 saturated carbocycles. The molecule has 1 atom stereocenters. The molecule has 0 saturated heterocycles. The van der Waals surface area contributed by atoms with E-state index in [0.717, 1.165) is 5.56 Å². The summed E-state index contributed by atoms with van der Waals surface area (Å²) in [6.07, 6.45) is -4.51. The normalized spacial score (nSPS) is 14.2. The second-order valence-corrected chi connectivity index (χ2v) is 5.95. The van der Waals surface area contributed by atoms with Crippen molar-refractivity contribution in [2.45, 2.75) is 45.4 Å². The summed E-state index contributed by atoms with van der Waals surface area (Å²) >= 11 is 0. The highest BCUT2D eigenvalue weighted by molar-refractivity contribution is 5.32. The van der Waals surface area contributed by atoms with Crippen molar-refractivity contribution >= 4 is 0 Å². The Balaban J connectivity index is 2.52. The van der Waals surface area contributed by atoms with Gasteiger partial charge in [0.15, 0.2) is 0 Å². The van der Waals surface area contributed by atoms with Gasteiger partial charge in [0.2, 0.25) is 0 Å². The molecule has 0 radical (unpaired) electrons. The van der Waals surface area contributed by atoms with E-state index in [1.165, 1.54) is 0 Å². The molecule has 0 heterocycles. The Labute approximate surface area is 118 Å². The van der Waals surface area contributed by atoms with Crippen molar-refractivity contribution in [2.24, 2.45) is 0 Å². The van der Waals surface area contributed by atoms with Crippen molar-refractivity contribution in [1.82, 2.24) is 5.32 Å². The maximum Gasteiger partial charge on any atom is 0.401 e. The van der Waals surface area contributed by atoms with Crippen molar-refractivity contribution in [2.75, 3.05) is 13.1 Å². The van der Waals surface area contributed by atoms with Gasteiger partial charge >= 0.3 is 6.18 Å². The third-order valence-electron chi connectivity index (χ3n) is 2.79. The molecule has 0 aromatic heterocycles. The molecule has 0 amide bonds. The molecule has 0 fully saturated rings. The summed E-state index contributed by atoms with van der Waals surface area (Å²) in [7, 11) is 0. The molecule has 5 heteroatoms. The van der Waals surface area contributed by atoms with Gasteiger partial charge in [-0.15, -0.1) is 0 Å². The van der Waals surface area contributed by atoms with Crippen LogP contribution in [0.2, 0.25) is 0 Å². The van der Waals surface area contributed by atoms with Crippen LogP contribution in [0.4, 0.5) is 13.2 Å². The predicted octanol–water partition coefficient (Wildman–Crippen LogP) is 3.90. The van der Waals surface area contributed by atoms with E-state index >= 15 is 0 Å². The van der Waals surface area contributed by atoms with Gasteiger partial charge in [-0.2, -0.15) is 13.2 Å². The lowest BCUT2D eigenvalue weighted by Gasteiger charge is -2.21. The number of halogens is 3. The fraction of sp³-hybridized carbons (Fsp3) is 0.600. The Morgan fingerprint density at radius 2 is 1.85 bits per heavy atom. The van der Waals surface area contributed by atoms with Crippen LogP contribution in [0.1, 0.15) is 33.3 Å². The molecule has 1 aromatic rings. The van der Waals surface area contributed by atoms with Gasteiger partial charge < -0.3 is 10.1 Å². The largest absolute Gasteiger partial charge is 0.489 e. The first kappa shape index (κ1) is 16.8. The lowest BCUT2D eigenvalue weighted by molar-refractivity contribution is -0.125. The van der Waals surface area contributed by atoms with Crippen LogP contribution in [0, 0.1) is 0 Å². The zero-order chi connectivity index (χ0) is 15.4. The third kappa shape index (κ3) is 6.28. The molecule has 0 aliphatic carbocycles. The smallest absolute Gasteiger partial charge is 0.401 e. The standard InChI is InChI=1S/C15H22F3NO/c1-11(9-19-10-15(16,17)18)20-13-7-5-6-12(8-13)14(2,3)4/h5-8,11,19H,9-10H2,1-4H3. The number of nitrogens with one attached hydrogen (secondary N) is 1. The molecule has 20 heavy (non-hydrogen) atoms. The molecular formula is C15H22F3NO. The first-order valence-corrected chi connectivity index (χ1v) is 6.62. The molecule has 0 aliphatic rings. The van der Waals surface area contributed by atoms with Crippen molar-refractivity contribution < 1.29 is 17.9 Å². The summed E-state index contributed by atoms with van der Waals surface area (Å²) in [5.41, 5.74) is 1.14. The molecule has 1 N–H and O–H groups in total. The molecule has 1 unspecified atom stereocenters. The predicted molar refractivity (Wildman–Crippen MR) is 74.2 cm³/mol. The fourth-order valence-corrected chi connectivity index (χ4v) is 1.73. The molecule has 0 spiro atoms. The summed E-state index contributed by atoms with van der Waals surface area (Å²) in [5.74, 6) is 0.679. The molecule has 1 rings (SSSR count). The molecular weight excluding hydrogens is 267 g/mol. The number of rotatable bonds is 5. The van der Waals surface area contributed by atoms with Gasteiger partial charge in [-0.25, -0.2) is 0 Å². The summed E-state index contributed by atoms with van der Waals surface area (Å²) < 4.78 is 41.7. The Hall–Kier alpha value is -1.23. The van der Waals surface area contributed by atoms with Crippen LogP contribution in [-0.4, -0.2) is 25.4 Å². The van der Waals surface area contributed by atoms with E-state index in [1.807, 2.05) is 24.3 Å². The minimum atomic E-state index is -4.19. The quantitative estimate of drug-likeness (QED) is 0.887. The summed E-state index contributed by atoms with van der Waals surface area (Å²) in [5, 5.41) is 2.34. The van der Waals surface area contributed by atoms with E-state index in [0.29, 0.717) is 5.75 Å². The van der Waals surface area contributed by atoms with E-state index in [1.54, 1.807) is 6.92 Å². The first-order chi connectivity index (χ1) is 9.08. The Morgan fingerprint density at radius 3 is 2.40 bits per heavy atom. The third-order valence-corrected chi connectivity index (χ3v) is 2.79. The minimum absolute atomic E-state index is 0.0111. The van der Waals surface area contributed by atoms with E-state index in [-0.39, 0.29) is 18.1 Å². The number of hydrogen-bond acceptors (Lipinski definition) is 2. The van der Waals surface area contributed by atoms with Gasteiger partial charge in [-0.05, 0) is 30.0 Å². The van der Waals surface area contributed by atoms with Crippen molar-refractivity contribution in [1.29, 1.82) is 0 Å². The number of benzene rings is 1. The molecule has 1 aromatic carbocycles. The highest BCUT2D eigenvalue weighted by atomic mass is 19.4. The second-order valence-electron chi connectivity index (χ2n) is 5.95. The topological polar surface area (TPSA) is 21.3 Å². The highest BCUT2D eigenvalue weighted by Crippen LogP contribution is 2.26. The lowest BCUT2D eigenvalue weighted by Crippen LogP contribution is -2.35. The van der Waals surface area contributed by atoms with Crippen molar-refractivity contribution in [3.63, 3.8) is 0 Å². The second kappa shape index (κ2) is 6.48. The van der Waals surface area contributed by atoms with Gasteiger partial charge in [0, 0.05) is 6.54 Å². The zero-order valence-electron chi connectivity index (χ0n) is 12.3. The number of hydrogen-bond donors (Lipinski definition) is 1. The minimum Gasteiger partial charge on any atom is -0.489 e. The Bertz CT molecular complexity index is 424. The highest BCUT2D eigenvalue weighted by Gasteiger charge is 2.26. The van der Waals surface area contributed by atoms with Gasteiger partial charge in [-0.3, -0.25) is 0 Å². The average molecular weight is 289 g/mol. The van der Waals surface area contributed by atoms with Crippen LogP contribution in [-0.2, 0) is 5.41 Å². The molecule has 0 aliphatic heterocycles. The number of ether oxygens (including phenoxy) is 1. The maximum atomic E-state index is 12.0. The van der Waals surface area contributed by atoms with Crippen LogP contribution in [0.25, 0.3) is 0 Å². The Morgan fingerprint density at radius 1 is 1.20 bits per heavy atom. The summed E-state index contributed by atoms with van der Waals surface area (Å²) in [4.78, 5) is 0.